The van der Waals surface area contributed by atoms with Crippen molar-refractivity contribution in [2.45, 2.75) is 17.9 Å². The van der Waals surface area contributed by atoms with Crippen molar-refractivity contribution in [2.24, 2.45) is 0 Å². The second-order valence-corrected chi connectivity index (χ2v) is 9.45. The molecule has 1 atom stereocenters. The fourth-order valence-electron chi connectivity index (χ4n) is 3.06. The summed E-state index contributed by atoms with van der Waals surface area (Å²) >= 11 is 3.39. The van der Waals surface area contributed by atoms with Crippen LogP contribution < -0.4 is 10.1 Å². The number of amides is 1. The number of carbonyl (C=O) groups excluding carboxylic acids is 1. The van der Waals surface area contributed by atoms with Crippen LogP contribution in [0, 0.1) is 0 Å². The van der Waals surface area contributed by atoms with Crippen LogP contribution in [-0.2, 0) is 14.8 Å². The van der Waals surface area contributed by atoms with Crippen molar-refractivity contribution in [3.05, 3.63) is 58.1 Å². The number of ether oxygens (including phenoxy) is 2. The van der Waals surface area contributed by atoms with Gasteiger partial charge >= 0.3 is 0 Å². The standard InChI is InChI=1S/C20H23BrN2O5S/c1-14(15-3-6-17(21)7-4-15)22-20(24)16-5-8-18(27-2)19(13-16)29(25,26)23-9-11-28-12-10-23/h3-8,13-14H,9-12H2,1-2H3,(H,22,24). The first kappa shape index (κ1) is 21.8. The Labute approximate surface area is 179 Å². The van der Waals surface area contributed by atoms with Crippen LogP contribution in [0.15, 0.2) is 51.8 Å². The van der Waals surface area contributed by atoms with E-state index in [1.54, 1.807) is 6.07 Å². The van der Waals surface area contributed by atoms with E-state index >= 15 is 0 Å². The molecule has 156 valence electrons. The van der Waals surface area contributed by atoms with Crippen LogP contribution in [0.2, 0.25) is 0 Å². The summed E-state index contributed by atoms with van der Waals surface area (Å²) in [5, 5.41) is 2.90. The van der Waals surface area contributed by atoms with E-state index in [0.717, 1.165) is 10.0 Å². The van der Waals surface area contributed by atoms with Gasteiger partial charge in [0.1, 0.15) is 10.6 Å². The molecule has 1 aliphatic rings. The molecular weight excluding hydrogens is 460 g/mol. The van der Waals surface area contributed by atoms with E-state index in [2.05, 4.69) is 21.2 Å². The van der Waals surface area contributed by atoms with Crippen LogP contribution in [0.1, 0.15) is 28.9 Å². The highest BCUT2D eigenvalue weighted by Gasteiger charge is 2.30. The number of hydrogen-bond donors (Lipinski definition) is 1. The van der Waals surface area contributed by atoms with Gasteiger partial charge in [-0.3, -0.25) is 4.79 Å². The molecule has 7 nitrogen and oxygen atoms in total. The molecule has 0 aromatic heterocycles. The molecule has 0 saturated carbocycles. The Morgan fingerprint density at radius 3 is 2.45 bits per heavy atom. The van der Waals surface area contributed by atoms with Gasteiger partial charge in [0.2, 0.25) is 10.0 Å². The van der Waals surface area contributed by atoms with Gasteiger partial charge in [-0.1, -0.05) is 28.1 Å². The Balaban J connectivity index is 1.85. The summed E-state index contributed by atoms with van der Waals surface area (Å²) in [7, 11) is -2.40. The van der Waals surface area contributed by atoms with Crippen LogP contribution in [-0.4, -0.2) is 52.0 Å². The third kappa shape index (κ3) is 4.98. The fourth-order valence-corrected chi connectivity index (χ4v) is 4.91. The van der Waals surface area contributed by atoms with Crippen molar-refractivity contribution in [2.75, 3.05) is 33.4 Å². The highest BCUT2D eigenvalue weighted by molar-refractivity contribution is 9.10. The van der Waals surface area contributed by atoms with Crippen molar-refractivity contribution in [1.82, 2.24) is 9.62 Å². The minimum absolute atomic E-state index is 0.0224. The summed E-state index contributed by atoms with van der Waals surface area (Å²) in [5.74, 6) is -0.157. The molecule has 1 unspecified atom stereocenters. The zero-order chi connectivity index (χ0) is 21.0. The molecule has 1 aliphatic heterocycles. The van der Waals surface area contributed by atoms with Gasteiger partial charge in [-0.05, 0) is 42.8 Å². The molecule has 0 bridgehead atoms. The van der Waals surface area contributed by atoms with E-state index in [-0.39, 0.29) is 41.2 Å². The van der Waals surface area contributed by atoms with Crippen molar-refractivity contribution in [3.8, 4) is 5.75 Å². The van der Waals surface area contributed by atoms with E-state index in [0.29, 0.717) is 13.2 Å². The highest BCUT2D eigenvalue weighted by atomic mass is 79.9. The lowest BCUT2D eigenvalue weighted by Crippen LogP contribution is -2.40. The molecule has 1 amide bonds. The number of halogens is 1. The van der Waals surface area contributed by atoms with E-state index in [1.165, 1.54) is 23.5 Å². The lowest BCUT2D eigenvalue weighted by atomic mass is 10.1. The zero-order valence-electron chi connectivity index (χ0n) is 16.2. The molecule has 1 heterocycles. The van der Waals surface area contributed by atoms with Gasteiger partial charge in [-0.15, -0.1) is 0 Å². The molecular formula is C20H23BrN2O5S. The predicted molar refractivity (Wildman–Crippen MR) is 113 cm³/mol. The molecule has 0 radical (unpaired) electrons. The molecule has 9 heteroatoms. The minimum Gasteiger partial charge on any atom is -0.495 e. The molecule has 0 aliphatic carbocycles. The van der Waals surface area contributed by atoms with Gasteiger partial charge in [0.05, 0.1) is 26.4 Å². The summed E-state index contributed by atoms with van der Waals surface area (Å²) in [6, 6.07) is 11.8. The number of nitrogens with one attached hydrogen (secondary N) is 1. The molecule has 1 saturated heterocycles. The normalized spacial score (nSPS) is 16.2. The number of morpholine rings is 1. The average molecular weight is 483 g/mol. The van der Waals surface area contributed by atoms with Gasteiger partial charge in [0.15, 0.2) is 0 Å². The number of benzene rings is 2. The SMILES string of the molecule is COc1ccc(C(=O)NC(C)c2ccc(Br)cc2)cc1S(=O)(=O)N1CCOCC1. The summed E-state index contributed by atoms with van der Waals surface area (Å²) in [6.45, 7) is 3.08. The quantitative estimate of drug-likeness (QED) is 0.683. The van der Waals surface area contributed by atoms with Crippen LogP contribution in [0.5, 0.6) is 5.75 Å². The number of sulfonamides is 1. The Bertz CT molecular complexity index is 973. The van der Waals surface area contributed by atoms with Crippen LogP contribution in [0.3, 0.4) is 0 Å². The first-order valence-electron chi connectivity index (χ1n) is 9.15. The first-order chi connectivity index (χ1) is 13.8. The van der Waals surface area contributed by atoms with Gasteiger partial charge < -0.3 is 14.8 Å². The van der Waals surface area contributed by atoms with E-state index in [4.69, 9.17) is 9.47 Å². The summed E-state index contributed by atoms with van der Waals surface area (Å²) in [5.41, 5.74) is 1.19. The van der Waals surface area contributed by atoms with Crippen molar-refractivity contribution in [1.29, 1.82) is 0 Å². The summed E-state index contributed by atoms with van der Waals surface area (Å²) < 4.78 is 38.9. The fraction of sp³-hybridized carbons (Fsp3) is 0.350. The van der Waals surface area contributed by atoms with Crippen molar-refractivity contribution >= 4 is 31.9 Å². The maximum absolute atomic E-state index is 13.1. The van der Waals surface area contributed by atoms with Gasteiger partial charge in [-0.2, -0.15) is 4.31 Å². The van der Waals surface area contributed by atoms with Crippen molar-refractivity contribution in [3.63, 3.8) is 0 Å². The third-order valence-electron chi connectivity index (χ3n) is 4.73. The molecule has 0 spiro atoms. The van der Waals surface area contributed by atoms with Crippen LogP contribution >= 0.6 is 15.9 Å². The van der Waals surface area contributed by atoms with Crippen molar-refractivity contribution < 1.29 is 22.7 Å². The zero-order valence-corrected chi connectivity index (χ0v) is 18.6. The predicted octanol–water partition coefficient (Wildman–Crippen LogP) is 2.97. The molecule has 1 N–H and O–H groups in total. The topological polar surface area (TPSA) is 84.9 Å². The lowest BCUT2D eigenvalue weighted by molar-refractivity contribution is 0.0729. The largest absolute Gasteiger partial charge is 0.495 e. The summed E-state index contributed by atoms with van der Waals surface area (Å²) in [6.07, 6.45) is 0. The molecule has 3 rings (SSSR count). The van der Waals surface area contributed by atoms with Crippen LogP contribution in [0.25, 0.3) is 0 Å². The van der Waals surface area contributed by atoms with Gasteiger partial charge in [0.25, 0.3) is 5.91 Å². The van der Waals surface area contributed by atoms with E-state index in [1.807, 2.05) is 31.2 Å². The monoisotopic (exact) mass is 482 g/mol. The maximum atomic E-state index is 13.1. The Morgan fingerprint density at radius 2 is 1.83 bits per heavy atom. The molecule has 1 fully saturated rings. The number of nitrogens with zero attached hydrogens (tertiary/aromatic N) is 1. The number of carbonyl (C=O) groups is 1. The smallest absolute Gasteiger partial charge is 0.251 e. The van der Waals surface area contributed by atoms with E-state index in [9.17, 15) is 13.2 Å². The lowest BCUT2D eigenvalue weighted by Gasteiger charge is -2.26. The molecule has 29 heavy (non-hydrogen) atoms. The Hall–Kier alpha value is -1.94. The first-order valence-corrected chi connectivity index (χ1v) is 11.4. The maximum Gasteiger partial charge on any atom is 0.251 e. The third-order valence-corrected chi connectivity index (χ3v) is 7.18. The number of hydrogen-bond acceptors (Lipinski definition) is 5. The Morgan fingerprint density at radius 1 is 1.17 bits per heavy atom. The average Bonchev–Trinajstić information content (AvgIpc) is 2.74. The number of rotatable bonds is 6. The van der Waals surface area contributed by atoms with Gasteiger partial charge in [0, 0.05) is 23.1 Å². The van der Waals surface area contributed by atoms with Crippen LogP contribution in [0.4, 0.5) is 0 Å². The highest BCUT2D eigenvalue weighted by Crippen LogP contribution is 2.28. The minimum atomic E-state index is -3.80. The second kappa shape index (κ2) is 9.25. The van der Waals surface area contributed by atoms with E-state index < -0.39 is 10.0 Å². The number of methoxy groups -OCH3 is 1. The van der Waals surface area contributed by atoms with Gasteiger partial charge in [-0.25, -0.2) is 8.42 Å². The second-order valence-electron chi connectivity index (χ2n) is 6.63. The molecule has 2 aromatic carbocycles. The Kier molecular flexibility index (Phi) is 6.94. The molecule has 2 aromatic rings. The summed E-state index contributed by atoms with van der Waals surface area (Å²) in [4.78, 5) is 12.7.